The highest BCUT2D eigenvalue weighted by Gasteiger charge is 2.10. The Bertz CT molecular complexity index is 456. The van der Waals surface area contributed by atoms with Crippen LogP contribution in [0.4, 0.5) is 0 Å². The third-order valence-corrected chi connectivity index (χ3v) is 2.95. The van der Waals surface area contributed by atoms with Crippen molar-refractivity contribution in [1.29, 1.82) is 0 Å². The summed E-state index contributed by atoms with van der Waals surface area (Å²) in [6, 6.07) is 3.75. The summed E-state index contributed by atoms with van der Waals surface area (Å²) in [6.45, 7) is 1.97. The monoisotopic (exact) mass is 270 g/mol. The molecule has 1 aromatic carbocycles. The number of aromatic nitrogens is 2. The van der Waals surface area contributed by atoms with Crippen molar-refractivity contribution < 1.29 is 5.11 Å². The molecule has 0 fully saturated rings. The van der Waals surface area contributed by atoms with E-state index in [4.69, 9.17) is 0 Å². The summed E-state index contributed by atoms with van der Waals surface area (Å²) in [6.07, 6.45) is 0. The molecule has 2 rings (SSSR count). The minimum atomic E-state index is 0.211. The van der Waals surface area contributed by atoms with Crippen LogP contribution in [0, 0.1) is 6.92 Å². The lowest BCUT2D eigenvalue weighted by Gasteiger charge is -2.04. The van der Waals surface area contributed by atoms with E-state index in [2.05, 4.69) is 25.5 Å². The molecule has 0 aliphatic heterocycles. The van der Waals surface area contributed by atoms with Gasteiger partial charge in [-0.1, -0.05) is 4.49 Å². The van der Waals surface area contributed by atoms with Crippen LogP contribution in [0.15, 0.2) is 22.0 Å². The molecule has 5 heteroatoms. The Morgan fingerprint density at radius 3 is 2.86 bits per heavy atom. The van der Waals surface area contributed by atoms with Gasteiger partial charge in [0.1, 0.15) is 11.4 Å². The highest BCUT2D eigenvalue weighted by atomic mass is 79.9. The number of halogens is 1. The highest BCUT2D eigenvalue weighted by molar-refractivity contribution is 9.10. The van der Waals surface area contributed by atoms with Crippen LogP contribution >= 0.6 is 27.5 Å². The minimum absolute atomic E-state index is 0.211. The molecule has 1 N–H and O–H groups in total. The first-order chi connectivity index (χ1) is 6.68. The van der Waals surface area contributed by atoms with Gasteiger partial charge in [0.2, 0.25) is 0 Å². The maximum absolute atomic E-state index is 9.78. The lowest BCUT2D eigenvalue weighted by Crippen LogP contribution is -1.83. The first-order valence-corrected chi connectivity index (χ1v) is 5.58. The molecule has 0 unspecified atom stereocenters. The summed E-state index contributed by atoms with van der Waals surface area (Å²) >= 11 is 4.55. The van der Waals surface area contributed by atoms with Crippen LogP contribution in [0.1, 0.15) is 5.56 Å². The zero-order valence-corrected chi connectivity index (χ0v) is 9.76. The molecule has 0 aliphatic carbocycles. The van der Waals surface area contributed by atoms with Crippen molar-refractivity contribution in [2.45, 2.75) is 6.92 Å². The molecule has 0 spiro atoms. The first kappa shape index (κ1) is 9.61. The summed E-state index contributed by atoms with van der Waals surface area (Å²) in [5.74, 6) is 0.211. The smallest absolute Gasteiger partial charge is 0.139 e. The van der Waals surface area contributed by atoms with Gasteiger partial charge in [0.05, 0.1) is 4.47 Å². The number of hydrogen-bond acceptors (Lipinski definition) is 4. The van der Waals surface area contributed by atoms with E-state index >= 15 is 0 Å². The molecule has 3 nitrogen and oxygen atoms in total. The number of nitrogens with zero attached hydrogens (tertiary/aromatic N) is 2. The quantitative estimate of drug-likeness (QED) is 0.867. The molecule has 0 saturated heterocycles. The van der Waals surface area contributed by atoms with Crippen molar-refractivity contribution >= 4 is 27.5 Å². The lowest BCUT2D eigenvalue weighted by atomic mass is 10.1. The van der Waals surface area contributed by atoms with Crippen molar-refractivity contribution in [3.63, 3.8) is 0 Å². The molecular formula is C9H7BrN2OS. The molecule has 0 aliphatic rings. The van der Waals surface area contributed by atoms with Crippen molar-refractivity contribution in [2.24, 2.45) is 0 Å². The Labute approximate surface area is 93.7 Å². The van der Waals surface area contributed by atoms with Crippen molar-refractivity contribution in [3.8, 4) is 17.0 Å². The third kappa shape index (κ3) is 1.65. The SMILES string of the molecule is Cc1cc(Br)c(O)c(-c2csnn2)c1. The summed E-state index contributed by atoms with van der Waals surface area (Å²) in [5, 5.41) is 15.5. The van der Waals surface area contributed by atoms with Gasteiger partial charge >= 0.3 is 0 Å². The van der Waals surface area contributed by atoms with Crippen molar-refractivity contribution in [2.75, 3.05) is 0 Å². The Balaban J connectivity index is 2.64. The highest BCUT2D eigenvalue weighted by Crippen LogP contribution is 2.35. The molecule has 0 saturated carbocycles. The van der Waals surface area contributed by atoms with Gasteiger partial charge in [0, 0.05) is 10.9 Å². The van der Waals surface area contributed by atoms with Crippen LogP contribution in [-0.4, -0.2) is 14.7 Å². The maximum Gasteiger partial charge on any atom is 0.139 e. The van der Waals surface area contributed by atoms with Gasteiger partial charge in [-0.2, -0.15) is 0 Å². The van der Waals surface area contributed by atoms with Crippen molar-refractivity contribution in [1.82, 2.24) is 9.59 Å². The van der Waals surface area contributed by atoms with Gasteiger partial charge < -0.3 is 5.11 Å². The van der Waals surface area contributed by atoms with Gasteiger partial charge in [-0.3, -0.25) is 0 Å². The second-order valence-electron chi connectivity index (χ2n) is 2.93. The van der Waals surface area contributed by atoms with E-state index in [9.17, 15) is 5.11 Å². The second-order valence-corrected chi connectivity index (χ2v) is 4.40. The largest absolute Gasteiger partial charge is 0.506 e. The molecule has 0 amide bonds. The summed E-state index contributed by atoms with van der Waals surface area (Å²) in [4.78, 5) is 0. The lowest BCUT2D eigenvalue weighted by molar-refractivity contribution is 0.473. The topological polar surface area (TPSA) is 46.0 Å². The number of rotatable bonds is 1. The third-order valence-electron chi connectivity index (χ3n) is 1.84. The molecule has 0 radical (unpaired) electrons. The van der Waals surface area contributed by atoms with Crippen LogP contribution in [0.5, 0.6) is 5.75 Å². The number of benzene rings is 1. The fraction of sp³-hybridized carbons (Fsp3) is 0.111. The van der Waals surface area contributed by atoms with Crippen molar-refractivity contribution in [3.05, 3.63) is 27.5 Å². The Morgan fingerprint density at radius 2 is 2.21 bits per heavy atom. The van der Waals surface area contributed by atoms with Gasteiger partial charge in [-0.15, -0.1) is 5.10 Å². The first-order valence-electron chi connectivity index (χ1n) is 3.95. The van der Waals surface area contributed by atoms with Gasteiger partial charge in [0.25, 0.3) is 0 Å². The normalized spacial score (nSPS) is 10.4. The second kappa shape index (κ2) is 3.67. The fourth-order valence-corrected chi connectivity index (χ4v) is 2.24. The van der Waals surface area contributed by atoms with E-state index in [1.165, 1.54) is 11.5 Å². The van der Waals surface area contributed by atoms with Crippen LogP contribution in [0.3, 0.4) is 0 Å². The minimum Gasteiger partial charge on any atom is -0.506 e. The molecule has 1 heterocycles. The maximum atomic E-state index is 9.78. The molecule has 2 aromatic rings. The van der Waals surface area contributed by atoms with E-state index in [1.54, 1.807) is 5.38 Å². The summed E-state index contributed by atoms with van der Waals surface area (Å²) in [7, 11) is 0. The molecule has 0 bridgehead atoms. The average molecular weight is 271 g/mol. The number of hydrogen-bond donors (Lipinski definition) is 1. The fourth-order valence-electron chi connectivity index (χ4n) is 1.21. The number of phenols is 1. The number of phenolic OH excluding ortho intramolecular Hbond substituents is 1. The van der Waals surface area contributed by atoms with Gasteiger partial charge in [0.15, 0.2) is 0 Å². The van der Waals surface area contributed by atoms with E-state index in [0.29, 0.717) is 15.7 Å². The van der Waals surface area contributed by atoms with E-state index in [-0.39, 0.29) is 5.75 Å². The van der Waals surface area contributed by atoms with Gasteiger partial charge in [-0.25, -0.2) is 0 Å². The molecular weight excluding hydrogens is 264 g/mol. The molecule has 72 valence electrons. The number of aromatic hydroxyl groups is 1. The predicted octanol–water partition coefficient (Wildman–Crippen LogP) is 2.98. The van der Waals surface area contributed by atoms with E-state index in [1.807, 2.05) is 19.1 Å². The molecule has 0 atom stereocenters. The molecule has 14 heavy (non-hydrogen) atoms. The van der Waals surface area contributed by atoms with Crippen LogP contribution in [0.2, 0.25) is 0 Å². The summed E-state index contributed by atoms with van der Waals surface area (Å²) < 4.78 is 4.45. The zero-order chi connectivity index (χ0) is 10.1. The van der Waals surface area contributed by atoms with Crippen LogP contribution in [-0.2, 0) is 0 Å². The molecule has 1 aromatic heterocycles. The average Bonchev–Trinajstić information content (AvgIpc) is 2.63. The van der Waals surface area contributed by atoms with Crippen LogP contribution in [0.25, 0.3) is 11.3 Å². The number of aryl methyl sites for hydroxylation is 1. The zero-order valence-electron chi connectivity index (χ0n) is 7.36. The standard InChI is InChI=1S/C9H7BrN2OS/c1-5-2-6(8-4-14-12-11-8)9(13)7(10)3-5/h2-4,13H,1H3. The predicted molar refractivity (Wildman–Crippen MR) is 59.4 cm³/mol. The Morgan fingerprint density at radius 1 is 1.43 bits per heavy atom. The Kier molecular flexibility index (Phi) is 2.52. The van der Waals surface area contributed by atoms with Gasteiger partial charge in [-0.05, 0) is 52.1 Å². The van der Waals surface area contributed by atoms with E-state index in [0.717, 1.165) is 5.56 Å². The van der Waals surface area contributed by atoms with Crippen LogP contribution < -0.4 is 0 Å². The summed E-state index contributed by atoms with van der Waals surface area (Å²) in [5.41, 5.74) is 2.49. The van der Waals surface area contributed by atoms with E-state index < -0.39 is 0 Å². The Hall–Kier alpha value is -0.940.